The number of aromatic nitrogens is 2. The minimum absolute atomic E-state index is 0.350. The standard InChI is InChI=1S/C25H20F3N3O4S/c1-16-12-30(15-29-16)20-9-7-17(11-21(20)34-2)8-10-23(32)31(35-24(33)25(26,27)28)13-18-14-36-22-6-4-3-5-19(18)22/h3-12,14-15H,13H2,1-2H3/b10-8+. The molecule has 0 unspecified atom stereocenters. The lowest BCUT2D eigenvalue weighted by Gasteiger charge is -2.20. The molecule has 2 heterocycles. The van der Waals surface area contributed by atoms with Gasteiger partial charge in [-0.25, -0.2) is 9.78 Å². The van der Waals surface area contributed by atoms with Crippen LogP contribution in [0.25, 0.3) is 21.8 Å². The van der Waals surface area contributed by atoms with Crippen molar-refractivity contribution < 1.29 is 32.3 Å². The lowest BCUT2D eigenvalue weighted by molar-refractivity contribution is -0.237. The van der Waals surface area contributed by atoms with E-state index in [0.717, 1.165) is 21.9 Å². The second-order valence-electron chi connectivity index (χ2n) is 7.70. The van der Waals surface area contributed by atoms with Crippen LogP contribution in [0.3, 0.4) is 0 Å². The number of fused-ring (bicyclic) bond motifs is 1. The zero-order chi connectivity index (χ0) is 25.9. The van der Waals surface area contributed by atoms with Crippen LogP contribution in [-0.2, 0) is 21.0 Å². The molecule has 0 bridgehead atoms. The van der Waals surface area contributed by atoms with E-state index in [2.05, 4.69) is 9.82 Å². The van der Waals surface area contributed by atoms with E-state index in [-0.39, 0.29) is 6.54 Å². The van der Waals surface area contributed by atoms with E-state index in [1.807, 2.05) is 25.3 Å². The summed E-state index contributed by atoms with van der Waals surface area (Å²) < 4.78 is 46.7. The summed E-state index contributed by atoms with van der Waals surface area (Å²) in [6.45, 7) is 1.50. The van der Waals surface area contributed by atoms with Crippen molar-refractivity contribution in [3.05, 3.63) is 83.3 Å². The zero-order valence-electron chi connectivity index (χ0n) is 19.2. The average Bonchev–Trinajstić information content (AvgIpc) is 3.47. The summed E-state index contributed by atoms with van der Waals surface area (Å²) in [6.07, 6.45) is 0.626. The summed E-state index contributed by atoms with van der Waals surface area (Å²) in [5, 5.41) is 2.86. The normalized spacial score (nSPS) is 11.7. The molecular formula is C25H20F3N3O4S. The molecule has 0 atom stereocenters. The number of thiophene rings is 1. The third-order valence-corrected chi connectivity index (χ3v) is 6.17. The smallest absolute Gasteiger partial charge is 0.493 e. The Morgan fingerprint density at radius 2 is 1.97 bits per heavy atom. The van der Waals surface area contributed by atoms with Crippen molar-refractivity contribution in [2.75, 3.05) is 7.11 Å². The van der Waals surface area contributed by atoms with Gasteiger partial charge in [0.05, 0.1) is 31.4 Å². The summed E-state index contributed by atoms with van der Waals surface area (Å²) in [7, 11) is 1.49. The Morgan fingerprint density at radius 1 is 1.19 bits per heavy atom. The predicted octanol–water partition coefficient (Wildman–Crippen LogP) is 5.47. The van der Waals surface area contributed by atoms with E-state index >= 15 is 0 Å². The van der Waals surface area contributed by atoms with E-state index < -0.39 is 18.1 Å². The monoisotopic (exact) mass is 515 g/mol. The summed E-state index contributed by atoms with van der Waals surface area (Å²) in [6, 6.07) is 12.3. The average molecular weight is 516 g/mol. The van der Waals surface area contributed by atoms with Gasteiger partial charge in [-0.05, 0) is 53.1 Å². The SMILES string of the molecule is COc1cc(/C=C/C(=O)N(Cc2csc3ccccc23)OC(=O)C(F)(F)F)ccc1-n1cnc(C)c1. The number of imidazole rings is 1. The van der Waals surface area contributed by atoms with Gasteiger partial charge < -0.3 is 14.1 Å². The summed E-state index contributed by atoms with van der Waals surface area (Å²) in [5.41, 5.74) is 2.63. The van der Waals surface area contributed by atoms with Crippen molar-refractivity contribution in [2.45, 2.75) is 19.6 Å². The molecule has 0 radical (unpaired) electrons. The fraction of sp³-hybridized carbons (Fsp3) is 0.160. The number of rotatable bonds is 6. The molecule has 186 valence electrons. The molecule has 0 N–H and O–H groups in total. The van der Waals surface area contributed by atoms with Gasteiger partial charge in [0.1, 0.15) is 5.75 Å². The number of benzene rings is 2. The molecule has 4 aromatic rings. The van der Waals surface area contributed by atoms with Gasteiger partial charge in [-0.1, -0.05) is 24.3 Å². The highest BCUT2D eigenvalue weighted by molar-refractivity contribution is 7.17. The van der Waals surface area contributed by atoms with Gasteiger partial charge in [0, 0.05) is 17.0 Å². The van der Waals surface area contributed by atoms with Gasteiger partial charge in [-0.3, -0.25) is 4.79 Å². The van der Waals surface area contributed by atoms with Gasteiger partial charge in [-0.15, -0.1) is 11.3 Å². The predicted molar refractivity (Wildman–Crippen MR) is 128 cm³/mol. The maximum absolute atomic E-state index is 12.9. The van der Waals surface area contributed by atoms with E-state index in [0.29, 0.717) is 27.6 Å². The topological polar surface area (TPSA) is 73.7 Å². The number of nitrogens with zero attached hydrogens (tertiary/aromatic N) is 3. The van der Waals surface area contributed by atoms with Crippen molar-refractivity contribution in [3.8, 4) is 11.4 Å². The van der Waals surface area contributed by atoms with Gasteiger partial charge in [0.25, 0.3) is 5.91 Å². The molecule has 0 spiro atoms. The van der Waals surface area contributed by atoms with Crippen LogP contribution in [0.15, 0.2) is 66.4 Å². The highest BCUT2D eigenvalue weighted by Gasteiger charge is 2.43. The Labute approximate surface area is 207 Å². The van der Waals surface area contributed by atoms with Crippen LogP contribution in [0.1, 0.15) is 16.8 Å². The summed E-state index contributed by atoms with van der Waals surface area (Å²) in [4.78, 5) is 33.0. The second kappa shape index (κ2) is 10.2. The van der Waals surface area contributed by atoms with Crippen LogP contribution in [-0.4, -0.2) is 39.8 Å². The molecule has 0 fully saturated rings. The fourth-order valence-corrected chi connectivity index (χ4v) is 4.39. The molecule has 7 nitrogen and oxygen atoms in total. The second-order valence-corrected chi connectivity index (χ2v) is 8.61. The van der Waals surface area contributed by atoms with Crippen LogP contribution in [0.2, 0.25) is 0 Å². The van der Waals surface area contributed by atoms with Crippen LogP contribution in [0, 0.1) is 6.92 Å². The lowest BCUT2D eigenvalue weighted by atomic mass is 10.1. The maximum atomic E-state index is 12.9. The third-order valence-electron chi connectivity index (χ3n) is 5.16. The van der Waals surface area contributed by atoms with E-state index in [9.17, 15) is 22.8 Å². The van der Waals surface area contributed by atoms with Crippen molar-refractivity contribution in [2.24, 2.45) is 0 Å². The van der Waals surface area contributed by atoms with Crippen molar-refractivity contribution in [1.82, 2.24) is 14.6 Å². The Bertz CT molecular complexity index is 1440. The highest BCUT2D eigenvalue weighted by Crippen LogP contribution is 2.28. The van der Waals surface area contributed by atoms with Gasteiger partial charge in [-0.2, -0.15) is 18.2 Å². The Balaban J connectivity index is 1.58. The number of carbonyl (C=O) groups is 2. The molecule has 0 aliphatic carbocycles. The number of methoxy groups -OCH3 is 1. The first-order valence-electron chi connectivity index (χ1n) is 10.6. The number of aryl methyl sites for hydroxylation is 1. The summed E-state index contributed by atoms with van der Waals surface area (Å²) >= 11 is 1.37. The number of carbonyl (C=O) groups excluding carboxylic acids is 2. The Hall–Kier alpha value is -4.12. The molecule has 36 heavy (non-hydrogen) atoms. The minimum atomic E-state index is -5.26. The largest absolute Gasteiger partial charge is 0.495 e. The molecule has 0 saturated heterocycles. The number of amides is 1. The van der Waals surface area contributed by atoms with Crippen LogP contribution >= 0.6 is 11.3 Å². The maximum Gasteiger partial charge on any atom is 0.493 e. The molecule has 2 aromatic carbocycles. The number of ether oxygens (including phenoxy) is 1. The minimum Gasteiger partial charge on any atom is -0.495 e. The molecular weight excluding hydrogens is 495 g/mol. The fourth-order valence-electron chi connectivity index (χ4n) is 3.43. The molecule has 1 amide bonds. The van der Waals surface area contributed by atoms with Crippen LogP contribution in [0.4, 0.5) is 13.2 Å². The van der Waals surface area contributed by atoms with Crippen LogP contribution < -0.4 is 4.74 Å². The molecule has 0 aliphatic heterocycles. The quantitative estimate of drug-likeness (QED) is 0.252. The van der Waals surface area contributed by atoms with E-state index in [1.165, 1.54) is 24.5 Å². The first-order valence-corrected chi connectivity index (χ1v) is 11.5. The first kappa shape index (κ1) is 25.0. The molecule has 4 rings (SSSR count). The van der Waals surface area contributed by atoms with Gasteiger partial charge >= 0.3 is 12.1 Å². The number of hydrogen-bond acceptors (Lipinski definition) is 6. The molecule has 2 aromatic heterocycles. The highest BCUT2D eigenvalue weighted by atomic mass is 32.1. The molecule has 0 aliphatic rings. The van der Waals surface area contributed by atoms with Crippen LogP contribution in [0.5, 0.6) is 5.75 Å². The Kier molecular flexibility index (Phi) is 7.11. The number of hydrogen-bond donors (Lipinski definition) is 0. The number of halogens is 3. The molecule has 11 heteroatoms. The third kappa shape index (κ3) is 5.57. The van der Waals surface area contributed by atoms with E-state index in [1.54, 1.807) is 46.6 Å². The Morgan fingerprint density at radius 3 is 2.67 bits per heavy atom. The number of alkyl halides is 3. The first-order chi connectivity index (χ1) is 17.2. The van der Waals surface area contributed by atoms with Gasteiger partial charge in [0.15, 0.2) is 0 Å². The van der Waals surface area contributed by atoms with Crippen molar-refractivity contribution in [1.29, 1.82) is 0 Å². The van der Waals surface area contributed by atoms with Gasteiger partial charge in [0.2, 0.25) is 0 Å². The van der Waals surface area contributed by atoms with Crippen molar-refractivity contribution in [3.63, 3.8) is 0 Å². The van der Waals surface area contributed by atoms with Crippen molar-refractivity contribution >= 4 is 39.4 Å². The molecule has 0 saturated carbocycles. The summed E-state index contributed by atoms with van der Waals surface area (Å²) in [5.74, 6) is -2.92. The van der Waals surface area contributed by atoms with E-state index in [4.69, 9.17) is 4.74 Å². The number of hydroxylamine groups is 2. The zero-order valence-corrected chi connectivity index (χ0v) is 20.0. The lowest BCUT2D eigenvalue weighted by Crippen LogP contribution is -2.37.